The van der Waals surface area contributed by atoms with Crippen molar-refractivity contribution in [1.82, 2.24) is 24.6 Å². The monoisotopic (exact) mass is 431 g/mol. The number of H-pyrrole nitrogens is 2. The average molecular weight is 432 g/mol. The molecule has 4 rings (SSSR count). The highest BCUT2D eigenvalue weighted by atomic mass is 35.5. The number of carbonyl (C=O) groups is 1. The molecule has 0 unspecified atom stereocenters. The van der Waals surface area contributed by atoms with Crippen molar-refractivity contribution in [3.63, 3.8) is 0 Å². The van der Waals surface area contributed by atoms with Crippen molar-refractivity contribution in [3.05, 3.63) is 79.6 Å². The minimum absolute atomic E-state index is 0.0274. The number of aromatic amines is 2. The minimum atomic E-state index is -0.498. The van der Waals surface area contributed by atoms with Gasteiger partial charge in [0, 0.05) is 25.7 Å². The molecule has 3 heterocycles. The van der Waals surface area contributed by atoms with Crippen LogP contribution in [0.1, 0.15) is 29.0 Å². The first-order valence-electron chi connectivity index (χ1n) is 9.52. The maximum atomic E-state index is 14.2. The Labute approximate surface area is 175 Å². The van der Waals surface area contributed by atoms with Crippen LogP contribution in [-0.2, 0) is 6.42 Å². The molecule has 2 aromatic heterocycles. The molecule has 30 heavy (non-hydrogen) atoms. The average Bonchev–Trinajstić information content (AvgIpc) is 3.10. The van der Waals surface area contributed by atoms with E-state index in [2.05, 4.69) is 15.2 Å². The van der Waals surface area contributed by atoms with Crippen LogP contribution in [-0.4, -0.2) is 43.6 Å². The van der Waals surface area contributed by atoms with Crippen LogP contribution in [0.3, 0.4) is 0 Å². The quantitative estimate of drug-likeness (QED) is 0.660. The second-order valence-corrected chi connectivity index (χ2v) is 7.64. The molecule has 0 spiro atoms. The lowest BCUT2D eigenvalue weighted by atomic mass is 9.93. The summed E-state index contributed by atoms with van der Waals surface area (Å²) < 4.78 is 15.4. The number of hydrogen-bond donors (Lipinski definition) is 2. The van der Waals surface area contributed by atoms with Gasteiger partial charge in [-0.1, -0.05) is 23.7 Å². The molecule has 1 fully saturated rings. The number of hydrogen-bond acceptors (Lipinski definition) is 4. The molecule has 2 N–H and O–H groups in total. The molecule has 1 amide bonds. The lowest BCUT2D eigenvalue weighted by Gasteiger charge is -2.32. The number of benzene rings is 1. The van der Waals surface area contributed by atoms with Crippen molar-refractivity contribution in [2.24, 2.45) is 5.92 Å². The van der Waals surface area contributed by atoms with Gasteiger partial charge in [-0.15, -0.1) is 0 Å². The summed E-state index contributed by atoms with van der Waals surface area (Å²) in [5, 5.41) is 6.44. The zero-order chi connectivity index (χ0) is 21.3. The van der Waals surface area contributed by atoms with Gasteiger partial charge in [0.1, 0.15) is 16.7 Å². The predicted molar refractivity (Wildman–Crippen MR) is 109 cm³/mol. The molecule has 1 saturated heterocycles. The fourth-order valence-corrected chi connectivity index (χ4v) is 3.88. The van der Waals surface area contributed by atoms with E-state index in [9.17, 15) is 18.8 Å². The van der Waals surface area contributed by atoms with Crippen LogP contribution in [0.25, 0.3) is 5.69 Å². The lowest BCUT2D eigenvalue weighted by molar-refractivity contribution is 0.0689. The number of amides is 1. The van der Waals surface area contributed by atoms with Gasteiger partial charge in [0.25, 0.3) is 11.5 Å². The van der Waals surface area contributed by atoms with Gasteiger partial charge in [-0.2, -0.15) is 5.10 Å². The second kappa shape index (κ2) is 8.27. The molecule has 0 bridgehead atoms. The van der Waals surface area contributed by atoms with Gasteiger partial charge in [0.05, 0.1) is 11.3 Å². The Bertz CT molecular complexity index is 1190. The van der Waals surface area contributed by atoms with E-state index < -0.39 is 17.1 Å². The van der Waals surface area contributed by atoms with Crippen molar-refractivity contribution in [3.8, 4) is 5.69 Å². The van der Waals surface area contributed by atoms with Crippen molar-refractivity contribution < 1.29 is 9.18 Å². The van der Waals surface area contributed by atoms with E-state index in [0.29, 0.717) is 43.7 Å². The zero-order valence-corrected chi connectivity index (χ0v) is 16.7. The van der Waals surface area contributed by atoms with Gasteiger partial charge in [-0.25, -0.2) is 18.9 Å². The Morgan fingerprint density at radius 3 is 2.67 bits per heavy atom. The molecule has 0 radical (unpaired) electrons. The van der Waals surface area contributed by atoms with E-state index in [0.717, 1.165) is 0 Å². The highest BCUT2D eigenvalue weighted by Crippen LogP contribution is 2.23. The molecule has 156 valence electrons. The van der Waals surface area contributed by atoms with Gasteiger partial charge in [0.15, 0.2) is 0 Å². The molecule has 1 aliphatic heterocycles. The highest BCUT2D eigenvalue weighted by molar-refractivity contribution is 6.30. The number of pyridine rings is 1. The Morgan fingerprint density at radius 2 is 1.97 bits per heavy atom. The summed E-state index contributed by atoms with van der Waals surface area (Å²) in [5.41, 5.74) is -0.433. The van der Waals surface area contributed by atoms with Crippen LogP contribution in [0.4, 0.5) is 4.39 Å². The third-order valence-electron chi connectivity index (χ3n) is 5.31. The van der Waals surface area contributed by atoms with Crippen LogP contribution in [0.5, 0.6) is 0 Å². The molecule has 10 heteroatoms. The number of aromatic nitrogens is 4. The van der Waals surface area contributed by atoms with Gasteiger partial charge < -0.3 is 9.88 Å². The number of nitrogens with zero attached hydrogens (tertiary/aromatic N) is 3. The first kappa shape index (κ1) is 20.1. The van der Waals surface area contributed by atoms with Crippen LogP contribution in [0.2, 0.25) is 5.02 Å². The van der Waals surface area contributed by atoms with Gasteiger partial charge in [0.2, 0.25) is 0 Å². The third kappa shape index (κ3) is 3.93. The van der Waals surface area contributed by atoms with Crippen molar-refractivity contribution in [1.29, 1.82) is 0 Å². The molecule has 0 aliphatic carbocycles. The van der Waals surface area contributed by atoms with E-state index >= 15 is 0 Å². The van der Waals surface area contributed by atoms with E-state index in [-0.39, 0.29) is 22.5 Å². The molecule has 1 aliphatic rings. The van der Waals surface area contributed by atoms with Crippen LogP contribution < -0.4 is 11.2 Å². The summed E-state index contributed by atoms with van der Waals surface area (Å²) in [6, 6.07) is 7.42. The SMILES string of the molecule is O=C(c1c[nH]c(=O)c(Cl)c1)N1CCC(Cc2n[nH]c(=O)n2-c2ccccc2F)CC1. The molecule has 3 aromatic rings. The van der Waals surface area contributed by atoms with Crippen molar-refractivity contribution in [2.75, 3.05) is 13.1 Å². The fourth-order valence-electron chi connectivity index (χ4n) is 3.71. The molecule has 0 saturated carbocycles. The van der Waals surface area contributed by atoms with Crippen LogP contribution >= 0.6 is 11.6 Å². The van der Waals surface area contributed by atoms with Gasteiger partial charge in [-0.3, -0.25) is 9.59 Å². The number of halogens is 2. The number of likely N-dealkylation sites (tertiary alicyclic amines) is 1. The Kier molecular flexibility index (Phi) is 5.54. The van der Waals surface area contributed by atoms with E-state index in [1.54, 1.807) is 17.0 Å². The van der Waals surface area contributed by atoms with Crippen molar-refractivity contribution in [2.45, 2.75) is 19.3 Å². The summed E-state index contributed by atoms with van der Waals surface area (Å²) in [6.07, 6.45) is 3.27. The fraction of sp³-hybridized carbons (Fsp3) is 0.300. The molecular weight excluding hydrogens is 413 g/mol. The van der Waals surface area contributed by atoms with E-state index in [4.69, 9.17) is 11.6 Å². The summed E-state index contributed by atoms with van der Waals surface area (Å²) in [5.74, 6) is -0.0481. The van der Waals surface area contributed by atoms with E-state index in [1.807, 2.05) is 0 Å². The largest absolute Gasteiger partial charge is 0.348 e. The Balaban J connectivity index is 1.44. The number of nitrogens with one attached hydrogen (secondary N) is 2. The van der Waals surface area contributed by atoms with Gasteiger partial charge >= 0.3 is 5.69 Å². The standard InChI is InChI=1S/C20H19ClFN5O3/c21-14-10-13(11-23-18(14)28)19(29)26-7-5-12(6-8-26)9-17-24-25-20(30)27(17)16-4-2-1-3-15(16)22/h1-4,10-12H,5-9H2,(H,23,28)(H,25,30). The molecular formula is C20H19ClFN5O3. The number of piperidine rings is 1. The third-order valence-corrected chi connectivity index (χ3v) is 5.59. The van der Waals surface area contributed by atoms with E-state index in [1.165, 1.54) is 29.0 Å². The lowest BCUT2D eigenvalue weighted by Crippen LogP contribution is -2.39. The maximum Gasteiger partial charge on any atom is 0.348 e. The number of carbonyl (C=O) groups excluding carboxylic acids is 1. The minimum Gasteiger partial charge on any atom is -0.339 e. The molecule has 8 nitrogen and oxygen atoms in total. The first-order chi connectivity index (χ1) is 14.4. The highest BCUT2D eigenvalue weighted by Gasteiger charge is 2.26. The Hall–Kier alpha value is -3.20. The van der Waals surface area contributed by atoms with Crippen LogP contribution in [0, 0.1) is 11.7 Å². The number of rotatable bonds is 4. The van der Waals surface area contributed by atoms with Gasteiger partial charge in [-0.05, 0) is 37.0 Å². The molecule has 1 aromatic carbocycles. The molecule has 0 atom stereocenters. The topological polar surface area (TPSA) is 104 Å². The smallest absolute Gasteiger partial charge is 0.339 e. The Morgan fingerprint density at radius 1 is 1.23 bits per heavy atom. The predicted octanol–water partition coefficient (Wildman–Crippen LogP) is 2.14. The van der Waals surface area contributed by atoms with Crippen LogP contribution in [0.15, 0.2) is 46.1 Å². The summed E-state index contributed by atoms with van der Waals surface area (Å²) in [6.45, 7) is 1.04. The first-order valence-corrected chi connectivity index (χ1v) is 9.90. The number of para-hydroxylation sites is 1. The zero-order valence-electron chi connectivity index (χ0n) is 15.9. The normalized spacial score (nSPS) is 14.8. The second-order valence-electron chi connectivity index (χ2n) is 7.24. The maximum absolute atomic E-state index is 14.2. The summed E-state index contributed by atoms with van der Waals surface area (Å²) in [4.78, 5) is 40.3. The van der Waals surface area contributed by atoms with Crippen molar-refractivity contribution >= 4 is 17.5 Å². The summed E-state index contributed by atoms with van der Waals surface area (Å²) in [7, 11) is 0. The summed E-state index contributed by atoms with van der Waals surface area (Å²) >= 11 is 5.81.